The maximum absolute atomic E-state index is 14.6. The molecule has 3 N–H and O–H groups in total. The van der Waals surface area contributed by atoms with Gasteiger partial charge < -0.3 is 16.0 Å². The van der Waals surface area contributed by atoms with Crippen molar-refractivity contribution < 1.29 is 18.8 Å². The lowest BCUT2D eigenvalue weighted by Gasteiger charge is -2.33. The number of rotatable bonds is 10. The third kappa shape index (κ3) is 9.12. The number of hydrogen-bond acceptors (Lipinski definition) is 6. The van der Waals surface area contributed by atoms with Crippen molar-refractivity contribution in [2.75, 3.05) is 10.6 Å². The number of nitrogens with zero attached hydrogens (tertiary/aromatic N) is 1. The molecule has 1 aromatic heterocycles. The molecule has 5 aromatic rings. The third-order valence-corrected chi connectivity index (χ3v) is 11.7. The monoisotopic (exact) mass is 742 g/mol. The predicted octanol–water partition coefficient (Wildman–Crippen LogP) is 9.79. The molecule has 1 aliphatic rings. The Balaban J connectivity index is 1.24. The van der Waals surface area contributed by atoms with Gasteiger partial charge in [-0.05, 0) is 84.2 Å². The number of carbonyl (C=O) groups excluding carboxylic acids is 3. The summed E-state index contributed by atoms with van der Waals surface area (Å²) in [4.78, 5) is 42.7. The summed E-state index contributed by atoms with van der Waals surface area (Å²) in [6, 6.07) is 33.2. The summed E-state index contributed by atoms with van der Waals surface area (Å²) >= 11 is 2.81. The lowest BCUT2D eigenvalue weighted by atomic mass is 9.72. The average Bonchev–Trinajstić information content (AvgIpc) is 3.51. The summed E-state index contributed by atoms with van der Waals surface area (Å²) < 4.78 is 14.6. The maximum atomic E-state index is 14.6. The first kappa shape index (κ1) is 37.3. The summed E-state index contributed by atoms with van der Waals surface area (Å²) in [6.45, 7) is 6.74. The van der Waals surface area contributed by atoms with Crippen LogP contribution in [0.4, 0.5) is 15.1 Å². The Bertz CT molecular complexity index is 2200. The van der Waals surface area contributed by atoms with Gasteiger partial charge in [0, 0.05) is 26.6 Å². The van der Waals surface area contributed by atoms with Gasteiger partial charge in [-0.25, -0.2) is 4.39 Å². The number of nitriles is 1. The van der Waals surface area contributed by atoms with Crippen LogP contribution in [0.15, 0.2) is 120 Å². The molecular formula is C43H39FN4O3S2. The van der Waals surface area contributed by atoms with E-state index < -0.39 is 22.9 Å². The molecule has 0 saturated heterocycles. The first-order valence-electron chi connectivity index (χ1n) is 17.3. The van der Waals surface area contributed by atoms with E-state index in [2.05, 4.69) is 42.8 Å². The minimum atomic E-state index is -0.684. The fraction of sp³-hybridized carbons (Fsp3) is 0.209. The molecule has 0 fully saturated rings. The Kier molecular flexibility index (Phi) is 11.6. The summed E-state index contributed by atoms with van der Waals surface area (Å²) in [6.07, 6.45) is 4.00. The second kappa shape index (κ2) is 16.4. The van der Waals surface area contributed by atoms with E-state index in [1.165, 1.54) is 46.2 Å². The van der Waals surface area contributed by atoms with Crippen LogP contribution in [0, 0.1) is 28.5 Å². The van der Waals surface area contributed by atoms with E-state index in [0.29, 0.717) is 32.6 Å². The molecule has 268 valence electrons. The predicted molar refractivity (Wildman–Crippen MR) is 211 cm³/mol. The second-order valence-corrected chi connectivity index (χ2v) is 16.2. The van der Waals surface area contributed by atoms with Crippen LogP contribution in [0.25, 0.3) is 6.08 Å². The SMILES string of the molecule is CC(C)(C)C1CCc2c(sc(NC(=O)C(Sc3cccc(NC(=O)/C(=C/c4ccccc4F)NC(=O)c4ccccc4)c3)c3ccccc3)c2C#N)C1. The lowest BCUT2D eigenvalue weighted by Crippen LogP contribution is -2.30. The zero-order valence-electron chi connectivity index (χ0n) is 29.6. The van der Waals surface area contributed by atoms with Crippen LogP contribution in [0.3, 0.4) is 0 Å². The van der Waals surface area contributed by atoms with Gasteiger partial charge in [0.1, 0.15) is 27.8 Å². The van der Waals surface area contributed by atoms with Crippen LogP contribution in [0.5, 0.6) is 0 Å². The zero-order valence-corrected chi connectivity index (χ0v) is 31.2. The molecule has 7 nitrogen and oxygen atoms in total. The largest absolute Gasteiger partial charge is 0.321 e. The number of halogens is 1. The number of thiophene rings is 1. The van der Waals surface area contributed by atoms with Crippen LogP contribution >= 0.6 is 23.1 Å². The van der Waals surface area contributed by atoms with Crippen LogP contribution in [-0.4, -0.2) is 17.7 Å². The Labute approximate surface area is 317 Å². The van der Waals surface area contributed by atoms with E-state index >= 15 is 0 Å². The second-order valence-electron chi connectivity index (χ2n) is 13.9. The minimum absolute atomic E-state index is 0.132. The van der Waals surface area contributed by atoms with Crippen molar-refractivity contribution in [2.24, 2.45) is 11.3 Å². The Hall–Kier alpha value is -5.50. The van der Waals surface area contributed by atoms with Crippen molar-refractivity contribution in [2.45, 2.75) is 50.2 Å². The van der Waals surface area contributed by atoms with Crippen molar-refractivity contribution in [3.8, 4) is 6.07 Å². The minimum Gasteiger partial charge on any atom is -0.321 e. The van der Waals surface area contributed by atoms with Crippen LogP contribution < -0.4 is 16.0 Å². The first-order valence-corrected chi connectivity index (χ1v) is 19.0. The number of hydrogen-bond donors (Lipinski definition) is 3. The van der Waals surface area contributed by atoms with Gasteiger partial charge in [-0.15, -0.1) is 23.1 Å². The average molecular weight is 743 g/mol. The number of carbonyl (C=O) groups is 3. The van der Waals surface area contributed by atoms with Crippen molar-refractivity contribution in [1.82, 2.24) is 5.32 Å². The number of fused-ring (bicyclic) bond motifs is 1. The van der Waals surface area contributed by atoms with Crippen molar-refractivity contribution in [3.63, 3.8) is 0 Å². The fourth-order valence-electron chi connectivity index (χ4n) is 6.28. The molecule has 0 saturated carbocycles. The van der Waals surface area contributed by atoms with Crippen molar-refractivity contribution >= 4 is 57.6 Å². The lowest BCUT2D eigenvalue weighted by molar-refractivity contribution is -0.116. The first-order chi connectivity index (χ1) is 25.5. The molecule has 0 radical (unpaired) electrons. The number of thioether (sulfide) groups is 1. The number of anilines is 2. The molecule has 6 rings (SSSR count). The van der Waals surface area contributed by atoms with Gasteiger partial charge in [-0.1, -0.05) is 93.6 Å². The van der Waals surface area contributed by atoms with Gasteiger partial charge in [0.25, 0.3) is 11.8 Å². The highest BCUT2D eigenvalue weighted by atomic mass is 32.2. The molecule has 3 amide bonds. The van der Waals surface area contributed by atoms with Gasteiger partial charge in [-0.3, -0.25) is 14.4 Å². The van der Waals surface area contributed by atoms with Crippen molar-refractivity contribution in [1.29, 1.82) is 5.26 Å². The molecule has 2 unspecified atom stereocenters. The molecule has 0 aliphatic heterocycles. The standard InChI is InChI=1S/C43H39FN4O3S2/c1-43(2,3)30-21-22-33-34(26-45)42(53-37(33)24-30)48-41(51)38(27-13-6-4-7-14-27)52-32-19-12-18-31(25-32)46-40(50)36(23-29-17-10-11-20-35(29)44)47-39(49)28-15-8-5-9-16-28/h4-20,23,25,30,38H,21-22,24H2,1-3H3,(H,46,50)(H,47,49)(H,48,51)/b36-23-. The summed E-state index contributed by atoms with van der Waals surface area (Å²) in [5.74, 6) is -1.50. The van der Waals surface area contributed by atoms with Gasteiger partial charge in [-0.2, -0.15) is 5.26 Å². The molecular weight excluding hydrogens is 704 g/mol. The number of amides is 3. The molecule has 4 aromatic carbocycles. The van der Waals surface area contributed by atoms with E-state index in [4.69, 9.17) is 0 Å². The number of nitrogens with one attached hydrogen (secondary N) is 3. The van der Waals surface area contributed by atoms with E-state index in [1.54, 1.807) is 60.7 Å². The third-order valence-electron chi connectivity index (χ3n) is 9.26. The topological polar surface area (TPSA) is 111 Å². The smallest absolute Gasteiger partial charge is 0.272 e. The van der Waals surface area contributed by atoms with Gasteiger partial charge in [0.05, 0.1) is 5.56 Å². The van der Waals surface area contributed by atoms with Crippen LogP contribution in [0.1, 0.15) is 69.9 Å². The van der Waals surface area contributed by atoms with E-state index in [-0.39, 0.29) is 22.6 Å². The Morgan fingerprint density at radius 2 is 1.62 bits per heavy atom. The Morgan fingerprint density at radius 3 is 2.32 bits per heavy atom. The quantitative estimate of drug-likeness (QED) is 0.0975. The highest BCUT2D eigenvalue weighted by Gasteiger charge is 2.33. The van der Waals surface area contributed by atoms with E-state index in [0.717, 1.165) is 30.4 Å². The van der Waals surface area contributed by atoms with E-state index in [9.17, 15) is 24.0 Å². The molecule has 53 heavy (non-hydrogen) atoms. The van der Waals surface area contributed by atoms with Gasteiger partial charge >= 0.3 is 0 Å². The molecule has 10 heteroatoms. The zero-order chi connectivity index (χ0) is 37.5. The summed E-state index contributed by atoms with van der Waals surface area (Å²) in [5, 5.41) is 18.6. The molecule has 1 aliphatic carbocycles. The highest BCUT2D eigenvalue weighted by Crippen LogP contribution is 2.45. The number of benzene rings is 4. The molecule has 1 heterocycles. The highest BCUT2D eigenvalue weighted by molar-refractivity contribution is 8.00. The molecule has 0 spiro atoms. The summed E-state index contributed by atoms with van der Waals surface area (Å²) in [7, 11) is 0. The van der Waals surface area contributed by atoms with Crippen LogP contribution in [-0.2, 0) is 22.4 Å². The molecule has 2 atom stereocenters. The van der Waals surface area contributed by atoms with Crippen molar-refractivity contribution in [3.05, 3.63) is 153 Å². The van der Waals surface area contributed by atoms with Gasteiger partial charge in [0.15, 0.2) is 0 Å². The fourth-order valence-corrected chi connectivity index (χ4v) is 8.65. The maximum Gasteiger partial charge on any atom is 0.272 e. The summed E-state index contributed by atoms with van der Waals surface area (Å²) in [5.41, 5.74) is 3.24. The molecule has 0 bridgehead atoms. The normalized spacial score (nSPS) is 14.7. The van der Waals surface area contributed by atoms with Gasteiger partial charge in [0.2, 0.25) is 5.91 Å². The Morgan fingerprint density at radius 1 is 0.925 bits per heavy atom. The van der Waals surface area contributed by atoms with Crippen LogP contribution in [0.2, 0.25) is 0 Å². The van der Waals surface area contributed by atoms with E-state index in [1.807, 2.05) is 36.4 Å².